The van der Waals surface area contributed by atoms with E-state index in [0.29, 0.717) is 11.8 Å². The van der Waals surface area contributed by atoms with Crippen LogP contribution in [0.1, 0.15) is 25.7 Å². The summed E-state index contributed by atoms with van der Waals surface area (Å²) in [4.78, 5) is 18.1. The van der Waals surface area contributed by atoms with Crippen LogP contribution in [0.25, 0.3) is 0 Å². The van der Waals surface area contributed by atoms with Crippen LogP contribution >= 0.6 is 0 Å². The van der Waals surface area contributed by atoms with E-state index in [4.69, 9.17) is 4.74 Å². The van der Waals surface area contributed by atoms with Crippen LogP contribution in [0.2, 0.25) is 0 Å². The molecule has 0 aromatic carbocycles. The van der Waals surface area contributed by atoms with Gasteiger partial charge in [0, 0.05) is 25.1 Å². The Labute approximate surface area is 107 Å². The average molecular weight is 246 g/mol. The first kappa shape index (κ1) is 11.5. The van der Waals surface area contributed by atoms with E-state index < -0.39 is 0 Å². The van der Waals surface area contributed by atoms with Crippen molar-refractivity contribution in [2.75, 3.05) is 13.1 Å². The summed E-state index contributed by atoms with van der Waals surface area (Å²) in [6.07, 6.45) is 7.85. The van der Waals surface area contributed by atoms with E-state index in [2.05, 4.69) is 4.98 Å². The van der Waals surface area contributed by atoms with Gasteiger partial charge in [-0.25, -0.2) is 0 Å². The number of hydrogen-bond donors (Lipinski definition) is 0. The molecule has 0 spiro atoms. The van der Waals surface area contributed by atoms with Crippen molar-refractivity contribution >= 4 is 5.91 Å². The summed E-state index contributed by atoms with van der Waals surface area (Å²) >= 11 is 0. The molecule has 1 aromatic rings. The Bertz CT molecular complexity index is 417. The number of carbonyl (C=O) groups excluding carboxylic acids is 1. The number of rotatable bonds is 3. The minimum atomic E-state index is 0.123. The molecule has 1 amide bonds. The van der Waals surface area contributed by atoms with Crippen molar-refractivity contribution < 1.29 is 9.53 Å². The van der Waals surface area contributed by atoms with Gasteiger partial charge in [-0.2, -0.15) is 0 Å². The third-order valence-electron chi connectivity index (χ3n) is 3.85. The maximum Gasteiger partial charge on any atom is 0.225 e. The number of likely N-dealkylation sites (tertiary alicyclic amines) is 1. The Hall–Kier alpha value is -1.58. The van der Waals surface area contributed by atoms with Crippen molar-refractivity contribution in [3.05, 3.63) is 24.5 Å². The van der Waals surface area contributed by atoms with Crippen molar-refractivity contribution in [1.29, 1.82) is 0 Å². The van der Waals surface area contributed by atoms with Crippen molar-refractivity contribution in [2.45, 2.75) is 31.8 Å². The van der Waals surface area contributed by atoms with Crippen LogP contribution in [0, 0.1) is 5.92 Å². The highest BCUT2D eigenvalue weighted by molar-refractivity contribution is 5.79. The molecular weight excluding hydrogens is 228 g/mol. The summed E-state index contributed by atoms with van der Waals surface area (Å²) in [5.74, 6) is 1.42. The van der Waals surface area contributed by atoms with Gasteiger partial charge in [0.15, 0.2) is 0 Å². The molecule has 1 aliphatic carbocycles. The standard InChI is InChI=1S/C14H18N2O2/c17-14(11-3-1-4-11)16-8-6-13(10-16)18-12-5-2-7-15-9-12/h2,5,7,9,11,13H,1,3-4,6,8,10H2. The quantitative estimate of drug-likeness (QED) is 0.817. The summed E-state index contributed by atoms with van der Waals surface area (Å²) in [5, 5.41) is 0. The molecule has 1 saturated heterocycles. The minimum absolute atomic E-state index is 0.123. The van der Waals surface area contributed by atoms with E-state index in [9.17, 15) is 4.79 Å². The van der Waals surface area contributed by atoms with Gasteiger partial charge in [0.1, 0.15) is 11.9 Å². The van der Waals surface area contributed by atoms with E-state index >= 15 is 0 Å². The molecule has 2 fully saturated rings. The smallest absolute Gasteiger partial charge is 0.225 e. The zero-order valence-corrected chi connectivity index (χ0v) is 10.4. The Balaban J connectivity index is 1.53. The number of pyridine rings is 1. The van der Waals surface area contributed by atoms with E-state index in [1.807, 2.05) is 17.0 Å². The molecule has 1 saturated carbocycles. The highest BCUT2D eigenvalue weighted by atomic mass is 16.5. The number of carbonyl (C=O) groups is 1. The molecule has 1 aliphatic heterocycles. The third-order valence-corrected chi connectivity index (χ3v) is 3.85. The topological polar surface area (TPSA) is 42.4 Å². The summed E-state index contributed by atoms with van der Waals surface area (Å²) in [6, 6.07) is 3.77. The van der Waals surface area contributed by atoms with Crippen LogP contribution in [-0.4, -0.2) is 35.0 Å². The van der Waals surface area contributed by atoms with Crippen molar-refractivity contribution in [2.24, 2.45) is 5.92 Å². The predicted molar refractivity (Wildman–Crippen MR) is 67.2 cm³/mol. The highest BCUT2D eigenvalue weighted by Crippen LogP contribution is 2.30. The summed E-state index contributed by atoms with van der Waals surface area (Å²) < 4.78 is 5.83. The van der Waals surface area contributed by atoms with Crippen LogP contribution in [0.4, 0.5) is 0 Å². The Morgan fingerprint density at radius 2 is 2.28 bits per heavy atom. The van der Waals surface area contributed by atoms with Crippen molar-refractivity contribution in [3.8, 4) is 5.75 Å². The first-order chi connectivity index (χ1) is 8.83. The van der Waals surface area contributed by atoms with Gasteiger partial charge in [-0.05, 0) is 25.0 Å². The van der Waals surface area contributed by atoms with Gasteiger partial charge in [-0.3, -0.25) is 9.78 Å². The Kier molecular flexibility index (Phi) is 3.17. The summed E-state index contributed by atoms with van der Waals surface area (Å²) in [5.41, 5.74) is 0. The van der Waals surface area contributed by atoms with Crippen molar-refractivity contribution in [3.63, 3.8) is 0 Å². The molecule has 1 unspecified atom stereocenters. The lowest BCUT2D eigenvalue weighted by molar-refractivity contribution is -0.137. The molecule has 4 heteroatoms. The summed E-state index contributed by atoms with van der Waals surface area (Å²) in [7, 11) is 0. The van der Waals surface area contributed by atoms with Gasteiger partial charge >= 0.3 is 0 Å². The second-order valence-corrected chi connectivity index (χ2v) is 5.13. The molecule has 0 bridgehead atoms. The van der Waals surface area contributed by atoms with Crippen molar-refractivity contribution in [1.82, 2.24) is 9.88 Å². The molecule has 4 nitrogen and oxygen atoms in total. The maximum absolute atomic E-state index is 12.1. The minimum Gasteiger partial charge on any atom is -0.487 e. The van der Waals surface area contributed by atoms with E-state index in [1.54, 1.807) is 12.4 Å². The normalized spacial score (nSPS) is 23.8. The zero-order chi connectivity index (χ0) is 12.4. The van der Waals surface area contributed by atoms with Crippen LogP contribution in [-0.2, 0) is 4.79 Å². The van der Waals surface area contributed by atoms with Crippen LogP contribution in [0.5, 0.6) is 5.75 Å². The van der Waals surface area contributed by atoms with Gasteiger partial charge in [0.2, 0.25) is 5.91 Å². The summed E-state index contributed by atoms with van der Waals surface area (Å²) in [6.45, 7) is 1.56. The first-order valence-electron chi connectivity index (χ1n) is 6.68. The number of amides is 1. The lowest BCUT2D eigenvalue weighted by Crippen LogP contribution is -2.38. The molecule has 2 heterocycles. The maximum atomic E-state index is 12.1. The predicted octanol–water partition coefficient (Wildman–Crippen LogP) is 1.86. The first-order valence-corrected chi connectivity index (χ1v) is 6.68. The second kappa shape index (κ2) is 4.96. The largest absolute Gasteiger partial charge is 0.487 e. The monoisotopic (exact) mass is 246 g/mol. The van der Waals surface area contributed by atoms with E-state index in [-0.39, 0.29) is 6.10 Å². The van der Waals surface area contributed by atoms with Gasteiger partial charge in [0.25, 0.3) is 0 Å². The molecular formula is C14H18N2O2. The molecule has 1 aromatic heterocycles. The second-order valence-electron chi connectivity index (χ2n) is 5.13. The van der Waals surface area contributed by atoms with Crippen LogP contribution in [0.3, 0.4) is 0 Å². The zero-order valence-electron chi connectivity index (χ0n) is 10.4. The van der Waals surface area contributed by atoms with Gasteiger partial charge in [-0.15, -0.1) is 0 Å². The molecule has 96 valence electrons. The van der Waals surface area contributed by atoms with Gasteiger partial charge in [0.05, 0.1) is 12.7 Å². The molecule has 2 aliphatic rings. The van der Waals surface area contributed by atoms with Gasteiger partial charge < -0.3 is 9.64 Å². The number of hydrogen-bond acceptors (Lipinski definition) is 3. The molecule has 1 atom stereocenters. The number of nitrogens with zero attached hydrogens (tertiary/aromatic N) is 2. The Morgan fingerprint density at radius 1 is 1.39 bits per heavy atom. The van der Waals surface area contributed by atoms with Crippen LogP contribution in [0.15, 0.2) is 24.5 Å². The lowest BCUT2D eigenvalue weighted by atomic mass is 9.84. The Morgan fingerprint density at radius 3 is 2.94 bits per heavy atom. The number of aromatic nitrogens is 1. The number of ether oxygens (including phenoxy) is 1. The third kappa shape index (κ3) is 2.33. The fourth-order valence-electron chi connectivity index (χ4n) is 2.55. The van der Waals surface area contributed by atoms with Crippen LogP contribution < -0.4 is 4.74 Å². The lowest BCUT2D eigenvalue weighted by Gasteiger charge is -2.29. The fourth-order valence-corrected chi connectivity index (χ4v) is 2.55. The van der Waals surface area contributed by atoms with E-state index in [0.717, 1.165) is 38.1 Å². The molecule has 18 heavy (non-hydrogen) atoms. The molecule has 0 radical (unpaired) electrons. The van der Waals surface area contributed by atoms with Gasteiger partial charge in [-0.1, -0.05) is 6.42 Å². The highest BCUT2D eigenvalue weighted by Gasteiger charge is 2.34. The van der Waals surface area contributed by atoms with E-state index in [1.165, 1.54) is 6.42 Å². The molecule has 0 N–H and O–H groups in total. The average Bonchev–Trinajstić information content (AvgIpc) is 2.76. The fraction of sp³-hybridized carbons (Fsp3) is 0.571. The molecule has 3 rings (SSSR count). The SMILES string of the molecule is O=C(C1CCC1)N1CCC(Oc2cccnc2)C1.